The highest BCUT2D eigenvalue weighted by atomic mass is 16.6. The number of esters is 3. The van der Waals surface area contributed by atoms with Crippen LogP contribution in [-0.4, -0.2) is 37.2 Å². The van der Waals surface area contributed by atoms with Gasteiger partial charge in [-0.2, -0.15) is 0 Å². The van der Waals surface area contributed by atoms with Gasteiger partial charge in [-0.25, -0.2) is 0 Å². The third-order valence-electron chi connectivity index (χ3n) is 15.0. The number of ether oxygens (including phenoxy) is 3. The molecular weight excluding hydrogens is 949 g/mol. The van der Waals surface area contributed by atoms with E-state index in [4.69, 9.17) is 14.2 Å². The summed E-state index contributed by atoms with van der Waals surface area (Å²) in [6, 6.07) is 0. The van der Waals surface area contributed by atoms with Crippen molar-refractivity contribution in [1.82, 2.24) is 0 Å². The van der Waals surface area contributed by atoms with Crippen LogP contribution in [0.4, 0.5) is 0 Å². The van der Waals surface area contributed by atoms with Gasteiger partial charge in [-0.05, 0) is 83.5 Å². The van der Waals surface area contributed by atoms with Gasteiger partial charge >= 0.3 is 17.9 Å². The van der Waals surface area contributed by atoms with Crippen molar-refractivity contribution in [3.8, 4) is 0 Å². The quantitative estimate of drug-likeness (QED) is 0.0261. The molecule has 6 nitrogen and oxygen atoms in total. The molecular formula is C71H128O6. The van der Waals surface area contributed by atoms with Crippen molar-refractivity contribution in [2.45, 2.75) is 361 Å². The van der Waals surface area contributed by atoms with Crippen LogP contribution in [0.15, 0.2) is 60.8 Å². The lowest BCUT2D eigenvalue weighted by Gasteiger charge is -2.18. The van der Waals surface area contributed by atoms with Crippen LogP contribution in [0.1, 0.15) is 355 Å². The molecule has 0 aromatic carbocycles. The summed E-state index contributed by atoms with van der Waals surface area (Å²) in [6.07, 6.45) is 83.9. The second-order valence-electron chi connectivity index (χ2n) is 22.7. The molecule has 0 aliphatic heterocycles. The van der Waals surface area contributed by atoms with Gasteiger partial charge < -0.3 is 14.2 Å². The Morgan fingerprint density at radius 3 is 0.805 bits per heavy atom. The molecule has 0 heterocycles. The number of rotatable bonds is 62. The van der Waals surface area contributed by atoms with Gasteiger partial charge in [0.2, 0.25) is 0 Å². The molecule has 0 amide bonds. The highest BCUT2D eigenvalue weighted by Gasteiger charge is 2.19. The lowest BCUT2D eigenvalue weighted by atomic mass is 10.0. The molecule has 0 spiro atoms. The summed E-state index contributed by atoms with van der Waals surface area (Å²) in [7, 11) is 0. The Morgan fingerprint density at radius 2 is 0.506 bits per heavy atom. The SMILES string of the molecule is CC/C=C\C/C=C\C/C=C\C/C=C\CCCCCCCCCCC(=O)OC(COC(=O)CCCCCCCCCCCCC)COC(=O)CCCCCCCCCCCCCCCCC/C=C\CCCCCCCCCC. The Hall–Kier alpha value is -2.89. The van der Waals surface area contributed by atoms with E-state index < -0.39 is 6.10 Å². The molecule has 448 valence electrons. The number of allylic oxidation sites excluding steroid dienone is 10. The van der Waals surface area contributed by atoms with Crippen LogP contribution in [-0.2, 0) is 28.6 Å². The van der Waals surface area contributed by atoms with Crippen LogP contribution in [0.2, 0.25) is 0 Å². The molecule has 1 atom stereocenters. The monoisotopic (exact) mass is 1080 g/mol. The minimum atomic E-state index is -0.777. The zero-order chi connectivity index (χ0) is 55.7. The first-order valence-corrected chi connectivity index (χ1v) is 33.8. The van der Waals surface area contributed by atoms with Crippen LogP contribution < -0.4 is 0 Å². The molecule has 0 aliphatic carbocycles. The zero-order valence-electron chi connectivity index (χ0n) is 51.5. The van der Waals surface area contributed by atoms with Gasteiger partial charge in [0, 0.05) is 19.3 Å². The van der Waals surface area contributed by atoms with E-state index in [-0.39, 0.29) is 31.1 Å². The topological polar surface area (TPSA) is 78.9 Å². The zero-order valence-corrected chi connectivity index (χ0v) is 51.5. The molecule has 0 radical (unpaired) electrons. The Kier molecular flexibility index (Phi) is 63.2. The summed E-state index contributed by atoms with van der Waals surface area (Å²) in [5.41, 5.74) is 0. The highest BCUT2D eigenvalue weighted by Crippen LogP contribution is 2.18. The van der Waals surface area contributed by atoms with Crippen molar-refractivity contribution in [3.05, 3.63) is 60.8 Å². The van der Waals surface area contributed by atoms with Gasteiger partial charge in [-0.1, -0.05) is 313 Å². The van der Waals surface area contributed by atoms with E-state index in [1.807, 2.05) is 0 Å². The molecule has 0 rings (SSSR count). The van der Waals surface area contributed by atoms with Crippen LogP contribution in [0.25, 0.3) is 0 Å². The Bertz CT molecular complexity index is 1380. The first kappa shape index (κ1) is 74.1. The minimum absolute atomic E-state index is 0.0735. The van der Waals surface area contributed by atoms with Crippen molar-refractivity contribution >= 4 is 17.9 Å². The summed E-state index contributed by atoms with van der Waals surface area (Å²) >= 11 is 0. The van der Waals surface area contributed by atoms with Gasteiger partial charge in [0.1, 0.15) is 13.2 Å². The Balaban J connectivity index is 4.21. The number of hydrogen-bond donors (Lipinski definition) is 0. The average molecular weight is 1080 g/mol. The first-order chi connectivity index (χ1) is 38.0. The predicted octanol–water partition coefficient (Wildman–Crippen LogP) is 23.1. The molecule has 0 aromatic heterocycles. The number of unbranched alkanes of at least 4 members (excludes halogenated alkanes) is 41. The van der Waals surface area contributed by atoms with E-state index in [1.165, 1.54) is 225 Å². The molecule has 0 aliphatic rings. The standard InChI is InChI=1S/C71H128O6/c1-4-7-10-13-16-19-22-24-26-28-30-32-33-34-35-36-37-39-40-42-44-46-49-52-55-58-61-64-70(73)76-67-68(66-75-69(72)63-60-57-54-51-48-21-18-15-12-9-6-3)77-71(74)65-62-59-56-53-50-47-45-43-41-38-31-29-27-25-23-20-17-14-11-8-5-2/h8,11,17,20,25,27-28,30-31,38,68H,4-7,9-10,12-16,18-19,21-24,26,29,32-37,39-67H2,1-3H3/b11-8-,20-17-,27-25-,30-28-,38-31-. The van der Waals surface area contributed by atoms with Crippen LogP contribution in [0.3, 0.4) is 0 Å². The summed E-state index contributed by atoms with van der Waals surface area (Å²) in [4.78, 5) is 38.3. The summed E-state index contributed by atoms with van der Waals surface area (Å²) in [5, 5.41) is 0. The van der Waals surface area contributed by atoms with E-state index in [2.05, 4.69) is 81.5 Å². The van der Waals surface area contributed by atoms with Gasteiger partial charge in [0.25, 0.3) is 0 Å². The first-order valence-electron chi connectivity index (χ1n) is 33.8. The van der Waals surface area contributed by atoms with Crippen molar-refractivity contribution in [2.75, 3.05) is 13.2 Å². The van der Waals surface area contributed by atoms with E-state index in [0.29, 0.717) is 19.3 Å². The molecule has 0 aromatic rings. The fourth-order valence-electron chi connectivity index (χ4n) is 9.96. The van der Waals surface area contributed by atoms with E-state index >= 15 is 0 Å². The van der Waals surface area contributed by atoms with Gasteiger partial charge in [-0.3, -0.25) is 14.4 Å². The molecule has 6 heteroatoms. The van der Waals surface area contributed by atoms with Crippen molar-refractivity contribution < 1.29 is 28.6 Å². The Labute approximate surface area is 479 Å². The largest absolute Gasteiger partial charge is 0.462 e. The molecule has 0 saturated heterocycles. The molecule has 0 bridgehead atoms. The second kappa shape index (κ2) is 65.6. The van der Waals surface area contributed by atoms with Crippen LogP contribution in [0, 0.1) is 0 Å². The maximum atomic E-state index is 12.9. The second-order valence-corrected chi connectivity index (χ2v) is 22.7. The van der Waals surface area contributed by atoms with Gasteiger partial charge in [0.05, 0.1) is 0 Å². The summed E-state index contributed by atoms with van der Waals surface area (Å²) < 4.78 is 16.9. The third-order valence-corrected chi connectivity index (χ3v) is 15.0. The Morgan fingerprint density at radius 1 is 0.273 bits per heavy atom. The maximum absolute atomic E-state index is 12.9. The normalized spacial score (nSPS) is 12.4. The lowest BCUT2D eigenvalue weighted by Crippen LogP contribution is -2.30. The van der Waals surface area contributed by atoms with Crippen LogP contribution in [0.5, 0.6) is 0 Å². The van der Waals surface area contributed by atoms with Gasteiger partial charge in [-0.15, -0.1) is 0 Å². The molecule has 77 heavy (non-hydrogen) atoms. The van der Waals surface area contributed by atoms with E-state index in [1.54, 1.807) is 0 Å². The highest BCUT2D eigenvalue weighted by molar-refractivity contribution is 5.71. The van der Waals surface area contributed by atoms with Gasteiger partial charge in [0.15, 0.2) is 6.10 Å². The molecule has 0 fully saturated rings. The number of carbonyl (C=O) groups excluding carboxylic acids is 3. The minimum Gasteiger partial charge on any atom is -0.462 e. The average Bonchev–Trinajstić information content (AvgIpc) is 3.43. The summed E-state index contributed by atoms with van der Waals surface area (Å²) in [5.74, 6) is -0.862. The molecule has 0 saturated carbocycles. The fraction of sp³-hybridized carbons (Fsp3) is 0.817. The predicted molar refractivity (Wildman–Crippen MR) is 335 cm³/mol. The fourth-order valence-corrected chi connectivity index (χ4v) is 9.96. The number of carbonyl (C=O) groups is 3. The lowest BCUT2D eigenvalue weighted by molar-refractivity contribution is -0.167. The summed E-state index contributed by atoms with van der Waals surface area (Å²) in [6.45, 7) is 6.56. The van der Waals surface area contributed by atoms with Crippen molar-refractivity contribution in [3.63, 3.8) is 0 Å². The van der Waals surface area contributed by atoms with Crippen LogP contribution >= 0.6 is 0 Å². The molecule has 0 N–H and O–H groups in total. The van der Waals surface area contributed by atoms with E-state index in [0.717, 1.165) is 89.9 Å². The smallest absolute Gasteiger partial charge is 0.306 e. The number of hydrogen-bond acceptors (Lipinski definition) is 6. The van der Waals surface area contributed by atoms with E-state index in [9.17, 15) is 14.4 Å². The van der Waals surface area contributed by atoms with Crippen molar-refractivity contribution in [1.29, 1.82) is 0 Å². The maximum Gasteiger partial charge on any atom is 0.306 e. The van der Waals surface area contributed by atoms with Crippen molar-refractivity contribution in [2.24, 2.45) is 0 Å². The molecule has 1 unspecified atom stereocenters. The third kappa shape index (κ3) is 63.8.